The van der Waals surface area contributed by atoms with Crippen molar-refractivity contribution in [3.63, 3.8) is 0 Å². The fourth-order valence-electron chi connectivity index (χ4n) is 6.61. The highest BCUT2D eigenvalue weighted by molar-refractivity contribution is 5.75. The van der Waals surface area contributed by atoms with Crippen LogP contribution in [0.3, 0.4) is 0 Å². The summed E-state index contributed by atoms with van der Waals surface area (Å²) in [5.41, 5.74) is 1.49. The maximum atomic E-state index is 14.4. The lowest BCUT2D eigenvalue weighted by Gasteiger charge is -2.38. The summed E-state index contributed by atoms with van der Waals surface area (Å²) >= 11 is 0. The van der Waals surface area contributed by atoms with E-state index in [2.05, 4.69) is 37.3 Å². The molecule has 0 radical (unpaired) electrons. The molecule has 2 saturated carbocycles. The summed E-state index contributed by atoms with van der Waals surface area (Å²) in [6.07, 6.45) is 14.8. The average Bonchev–Trinajstić information content (AvgIpc) is 2.91. The minimum Gasteiger partial charge on any atom is -0.426 e. The summed E-state index contributed by atoms with van der Waals surface area (Å²) < 4.78 is 34.3. The first-order valence-corrected chi connectivity index (χ1v) is 14.3. The maximum Gasteiger partial charge on any atom is 0.314 e. The second-order valence-corrected chi connectivity index (χ2v) is 11.3. The zero-order chi connectivity index (χ0) is 26.2. The van der Waals surface area contributed by atoms with E-state index in [-0.39, 0.29) is 29.6 Å². The summed E-state index contributed by atoms with van der Waals surface area (Å²) in [5.74, 6) is 1.02. The Morgan fingerprint density at radius 2 is 1.54 bits per heavy atom. The maximum absolute atomic E-state index is 14.4. The molecule has 2 aromatic carbocycles. The molecule has 0 N–H and O–H groups in total. The molecule has 4 heteroatoms. The molecule has 0 spiro atoms. The van der Waals surface area contributed by atoms with E-state index >= 15 is 0 Å². The van der Waals surface area contributed by atoms with Gasteiger partial charge < -0.3 is 4.74 Å². The Balaban J connectivity index is 1.21. The van der Waals surface area contributed by atoms with Gasteiger partial charge in [0.15, 0.2) is 0 Å². The summed E-state index contributed by atoms with van der Waals surface area (Å²) in [7, 11) is 0. The summed E-state index contributed by atoms with van der Waals surface area (Å²) in [6, 6.07) is 13.1. The molecular formula is C33H42F2O2. The molecule has 2 aliphatic carbocycles. The van der Waals surface area contributed by atoms with Crippen molar-refractivity contribution in [3.05, 3.63) is 77.4 Å². The molecule has 0 amide bonds. The van der Waals surface area contributed by atoms with Crippen molar-refractivity contribution in [1.29, 1.82) is 0 Å². The van der Waals surface area contributed by atoms with E-state index in [9.17, 15) is 13.6 Å². The van der Waals surface area contributed by atoms with Gasteiger partial charge in [0.25, 0.3) is 0 Å². The third kappa shape index (κ3) is 7.52. The van der Waals surface area contributed by atoms with Crippen LogP contribution < -0.4 is 4.74 Å². The number of esters is 1. The van der Waals surface area contributed by atoms with Gasteiger partial charge >= 0.3 is 5.97 Å². The van der Waals surface area contributed by atoms with E-state index in [1.54, 1.807) is 0 Å². The molecule has 0 saturated heterocycles. The average molecular weight is 509 g/mol. The van der Waals surface area contributed by atoms with Gasteiger partial charge in [0.05, 0.1) is 5.92 Å². The lowest BCUT2D eigenvalue weighted by Crippen LogP contribution is -2.30. The second kappa shape index (κ2) is 13.3. The fourth-order valence-corrected chi connectivity index (χ4v) is 6.61. The van der Waals surface area contributed by atoms with Crippen LogP contribution in [0.2, 0.25) is 0 Å². The second-order valence-electron chi connectivity index (χ2n) is 11.3. The van der Waals surface area contributed by atoms with Crippen molar-refractivity contribution in [1.82, 2.24) is 0 Å². The van der Waals surface area contributed by atoms with Gasteiger partial charge in [-0.05, 0) is 93.9 Å². The fraction of sp³-hybridized carbons (Fsp3) is 0.545. The van der Waals surface area contributed by atoms with E-state index in [1.807, 2.05) is 19.1 Å². The number of hydrogen-bond donors (Lipinski definition) is 0. The van der Waals surface area contributed by atoms with Crippen LogP contribution in [0.1, 0.15) is 95.1 Å². The van der Waals surface area contributed by atoms with Crippen molar-refractivity contribution in [2.75, 3.05) is 0 Å². The van der Waals surface area contributed by atoms with Gasteiger partial charge in [-0.3, -0.25) is 4.79 Å². The van der Waals surface area contributed by atoms with E-state index in [0.29, 0.717) is 18.3 Å². The van der Waals surface area contributed by atoms with Crippen LogP contribution in [0.5, 0.6) is 5.75 Å². The molecule has 2 aromatic rings. The van der Waals surface area contributed by atoms with Gasteiger partial charge in [0, 0.05) is 17.7 Å². The van der Waals surface area contributed by atoms with Crippen LogP contribution in [0.25, 0.3) is 0 Å². The smallest absolute Gasteiger partial charge is 0.314 e. The molecule has 0 unspecified atom stereocenters. The highest BCUT2D eigenvalue weighted by atomic mass is 19.1. The van der Waals surface area contributed by atoms with Crippen molar-refractivity contribution >= 4 is 5.97 Å². The van der Waals surface area contributed by atoms with Crippen LogP contribution in [-0.2, 0) is 11.2 Å². The molecule has 2 nitrogen and oxygen atoms in total. The normalized spacial score (nSPS) is 25.2. The first-order valence-electron chi connectivity index (χ1n) is 14.3. The van der Waals surface area contributed by atoms with Crippen LogP contribution in [0.15, 0.2) is 54.6 Å². The summed E-state index contributed by atoms with van der Waals surface area (Å²) in [5, 5.41) is 0. The largest absolute Gasteiger partial charge is 0.426 e. The molecule has 0 aromatic heterocycles. The van der Waals surface area contributed by atoms with Crippen molar-refractivity contribution < 1.29 is 18.3 Å². The zero-order valence-corrected chi connectivity index (χ0v) is 22.4. The SMILES string of the molecule is C/C=C/CCc1c(F)cc(OC(=O)C2CCC(C3CCC(C[C@H](C)c4ccccc4)CC3)CC2)cc1F. The molecule has 0 aliphatic heterocycles. The summed E-state index contributed by atoms with van der Waals surface area (Å²) in [6.45, 7) is 4.23. The van der Waals surface area contributed by atoms with Crippen LogP contribution >= 0.6 is 0 Å². The number of rotatable bonds is 9. The molecule has 200 valence electrons. The first kappa shape index (κ1) is 27.5. The van der Waals surface area contributed by atoms with E-state index in [1.165, 1.54) is 37.7 Å². The van der Waals surface area contributed by atoms with E-state index in [4.69, 9.17) is 4.74 Å². The third-order valence-corrected chi connectivity index (χ3v) is 8.85. The van der Waals surface area contributed by atoms with Gasteiger partial charge in [0.2, 0.25) is 0 Å². The van der Waals surface area contributed by atoms with Gasteiger partial charge in [-0.25, -0.2) is 8.78 Å². The van der Waals surface area contributed by atoms with E-state index in [0.717, 1.165) is 49.7 Å². The van der Waals surface area contributed by atoms with Gasteiger partial charge in [-0.1, -0.05) is 62.2 Å². The van der Waals surface area contributed by atoms with Gasteiger partial charge in [-0.15, -0.1) is 0 Å². The first-order chi connectivity index (χ1) is 17.9. The Hall–Kier alpha value is -2.49. The topological polar surface area (TPSA) is 26.3 Å². The number of allylic oxidation sites excluding steroid dienone is 2. The Labute approximate surface area is 221 Å². The van der Waals surface area contributed by atoms with Crippen LogP contribution in [0.4, 0.5) is 8.78 Å². The number of ether oxygens (including phenoxy) is 1. The van der Waals surface area contributed by atoms with E-state index < -0.39 is 11.6 Å². The minimum absolute atomic E-state index is 0.0278. The molecule has 2 fully saturated rings. The highest BCUT2D eigenvalue weighted by Crippen LogP contribution is 2.43. The highest BCUT2D eigenvalue weighted by Gasteiger charge is 2.34. The standard InChI is InChI=1S/C33H42F2O2/c1-3-4-6-11-30-31(34)21-29(22-32(30)35)37-33(36)28-18-16-27(17-19-28)26-14-12-24(13-15-26)20-23(2)25-9-7-5-8-10-25/h3-5,7-10,21-24,26-28H,6,11-20H2,1-2H3/b4-3+/t23-,24?,26?,27?,28?/m0/s1. The quantitative estimate of drug-likeness (QED) is 0.192. The molecular weight excluding hydrogens is 466 g/mol. The molecule has 1 atom stereocenters. The van der Waals surface area contributed by atoms with Crippen LogP contribution in [0, 0.1) is 35.3 Å². The number of carbonyl (C=O) groups excluding carboxylic acids is 1. The van der Waals surface area contributed by atoms with Crippen LogP contribution in [-0.4, -0.2) is 5.97 Å². The van der Waals surface area contributed by atoms with Crippen molar-refractivity contribution in [2.45, 2.75) is 90.4 Å². The number of halogens is 2. The number of hydrogen-bond acceptors (Lipinski definition) is 2. The summed E-state index contributed by atoms with van der Waals surface area (Å²) in [4.78, 5) is 12.8. The number of benzene rings is 2. The monoisotopic (exact) mass is 508 g/mol. The van der Waals surface area contributed by atoms with Crippen molar-refractivity contribution in [2.24, 2.45) is 23.7 Å². The predicted molar refractivity (Wildman–Crippen MR) is 145 cm³/mol. The molecule has 0 bridgehead atoms. The minimum atomic E-state index is -0.648. The Morgan fingerprint density at radius 1 is 0.946 bits per heavy atom. The molecule has 37 heavy (non-hydrogen) atoms. The lowest BCUT2D eigenvalue weighted by molar-refractivity contribution is -0.140. The van der Waals surface area contributed by atoms with Crippen molar-refractivity contribution in [3.8, 4) is 5.75 Å². The lowest BCUT2D eigenvalue weighted by atomic mass is 9.68. The Kier molecular flexibility index (Phi) is 9.94. The van der Waals surface area contributed by atoms with Gasteiger partial charge in [-0.2, -0.15) is 0 Å². The molecule has 4 rings (SSSR count). The predicted octanol–water partition coefficient (Wildman–Crippen LogP) is 9.19. The molecule has 0 heterocycles. The van der Waals surface area contributed by atoms with Gasteiger partial charge in [0.1, 0.15) is 17.4 Å². The number of carbonyl (C=O) groups is 1. The Bertz CT molecular complexity index is 1010. The Morgan fingerprint density at radius 3 is 2.14 bits per heavy atom. The molecule has 2 aliphatic rings. The zero-order valence-electron chi connectivity index (χ0n) is 22.4. The third-order valence-electron chi connectivity index (χ3n) is 8.85.